The van der Waals surface area contributed by atoms with Crippen LogP contribution in [0.3, 0.4) is 0 Å². The molecule has 0 unspecified atom stereocenters. The van der Waals surface area contributed by atoms with Crippen molar-refractivity contribution in [3.63, 3.8) is 0 Å². The Bertz CT molecular complexity index is 1050. The van der Waals surface area contributed by atoms with E-state index in [4.69, 9.17) is 0 Å². The van der Waals surface area contributed by atoms with Crippen molar-refractivity contribution >= 4 is 6.03 Å². The molecule has 0 aliphatic heterocycles. The van der Waals surface area contributed by atoms with Gasteiger partial charge in [0, 0.05) is 38.0 Å². The van der Waals surface area contributed by atoms with Crippen LogP contribution in [0.25, 0.3) is 5.69 Å². The highest BCUT2D eigenvalue weighted by atomic mass is 19.4. The number of hydrogen-bond donors (Lipinski definition) is 1. The molecule has 0 atom stereocenters. The zero-order valence-electron chi connectivity index (χ0n) is 15.8. The van der Waals surface area contributed by atoms with E-state index in [0.29, 0.717) is 5.56 Å². The van der Waals surface area contributed by atoms with E-state index in [2.05, 4.69) is 10.4 Å². The summed E-state index contributed by atoms with van der Waals surface area (Å²) < 4.78 is 67.3. The first-order chi connectivity index (χ1) is 14.1. The molecule has 5 nitrogen and oxygen atoms in total. The zero-order chi connectivity index (χ0) is 21.9. The summed E-state index contributed by atoms with van der Waals surface area (Å²) in [5.74, 6) is -1.51. The fraction of sp³-hybridized carbons (Fsp3) is 0.200. The minimum absolute atomic E-state index is 0.0207. The molecule has 0 bridgehead atoms. The van der Waals surface area contributed by atoms with Crippen molar-refractivity contribution in [2.75, 3.05) is 7.05 Å². The molecule has 0 spiro atoms. The Morgan fingerprint density at radius 2 is 1.90 bits per heavy atom. The maximum Gasteiger partial charge on any atom is 0.416 e. The Morgan fingerprint density at radius 1 is 1.17 bits per heavy atom. The third kappa shape index (κ3) is 4.94. The normalized spacial score (nSPS) is 11.4. The maximum atomic E-state index is 13.8. The summed E-state index contributed by atoms with van der Waals surface area (Å²) in [7, 11) is 1.37. The van der Waals surface area contributed by atoms with Crippen LogP contribution in [-0.4, -0.2) is 27.8 Å². The predicted octanol–water partition coefficient (Wildman–Crippen LogP) is 4.51. The molecule has 2 amide bonds. The van der Waals surface area contributed by atoms with Crippen LogP contribution in [0.15, 0.2) is 54.9 Å². The second kappa shape index (κ2) is 8.52. The lowest BCUT2D eigenvalue weighted by Gasteiger charge is -2.20. The molecule has 10 heteroatoms. The van der Waals surface area contributed by atoms with Gasteiger partial charge in [-0.05, 0) is 23.8 Å². The molecule has 0 saturated carbocycles. The summed E-state index contributed by atoms with van der Waals surface area (Å²) in [5.41, 5.74) is -0.263. The topological polar surface area (TPSA) is 50.2 Å². The molecule has 30 heavy (non-hydrogen) atoms. The number of amides is 2. The number of carbonyl (C=O) groups is 1. The van der Waals surface area contributed by atoms with Crippen molar-refractivity contribution in [3.8, 4) is 5.69 Å². The Morgan fingerprint density at radius 3 is 2.60 bits per heavy atom. The Hall–Kier alpha value is -3.43. The van der Waals surface area contributed by atoms with Gasteiger partial charge >= 0.3 is 12.2 Å². The first kappa shape index (κ1) is 21.3. The molecule has 0 radical (unpaired) electrons. The summed E-state index contributed by atoms with van der Waals surface area (Å²) in [6.45, 7) is -0.214. The number of alkyl halides is 3. The summed E-state index contributed by atoms with van der Waals surface area (Å²) in [6, 6.07) is 7.49. The second-order valence-electron chi connectivity index (χ2n) is 6.56. The van der Waals surface area contributed by atoms with Crippen LogP contribution in [0.4, 0.5) is 26.7 Å². The Kier molecular flexibility index (Phi) is 6.04. The van der Waals surface area contributed by atoms with E-state index in [-0.39, 0.29) is 24.3 Å². The largest absolute Gasteiger partial charge is 0.416 e. The first-order valence-electron chi connectivity index (χ1n) is 8.78. The monoisotopic (exact) mass is 424 g/mol. The van der Waals surface area contributed by atoms with Gasteiger partial charge in [0.05, 0.1) is 11.8 Å². The van der Waals surface area contributed by atoms with E-state index < -0.39 is 29.4 Å². The average Bonchev–Trinajstić information content (AvgIpc) is 3.14. The molecule has 1 aromatic heterocycles. The van der Waals surface area contributed by atoms with Crippen molar-refractivity contribution in [1.82, 2.24) is 20.0 Å². The van der Waals surface area contributed by atoms with Crippen molar-refractivity contribution < 1.29 is 26.7 Å². The van der Waals surface area contributed by atoms with E-state index >= 15 is 0 Å². The number of benzene rings is 2. The third-order valence-electron chi connectivity index (χ3n) is 4.31. The van der Waals surface area contributed by atoms with Gasteiger partial charge in [-0.1, -0.05) is 18.2 Å². The van der Waals surface area contributed by atoms with Crippen molar-refractivity contribution in [3.05, 3.63) is 83.2 Å². The van der Waals surface area contributed by atoms with E-state index in [1.54, 1.807) is 0 Å². The van der Waals surface area contributed by atoms with Gasteiger partial charge in [-0.2, -0.15) is 18.3 Å². The molecule has 3 aromatic rings. The van der Waals surface area contributed by atoms with E-state index in [1.165, 1.54) is 48.4 Å². The van der Waals surface area contributed by atoms with Gasteiger partial charge in [0.15, 0.2) is 5.82 Å². The highest BCUT2D eigenvalue weighted by Gasteiger charge is 2.33. The van der Waals surface area contributed by atoms with E-state index in [0.717, 1.165) is 23.1 Å². The maximum absolute atomic E-state index is 13.8. The number of hydrogen-bond acceptors (Lipinski definition) is 2. The van der Waals surface area contributed by atoms with Crippen molar-refractivity contribution in [2.24, 2.45) is 0 Å². The second-order valence-corrected chi connectivity index (χ2v) is 6.56. The summed E-state index contributed by atoms with van der Waals surface area (Å²) in [5, 5.41) is 6.53. The molecule has 0 aliphatic carbocycles. The van der Waals surface area contributed by atoms with Crippen LogP contribution in [0.2, 0.25) is 0 Å². The third-order valence-corrected chi connectivity index (χ3v) is 4.31. The van der Waals surface area contributed by atoms with Crippen molar-refractivity contribution in [1.29, 1.82) is 0 Å². The van der Waals surface area contributed by atoms with Crippen LogP contribution < -0.4 is 5.32 Å². The number of aromatic nitrogens is 2. The number of rotatable bonds is 5. The average molecular weight is 424 g/mol. The first-order valence-corrected chi connectivity index (χ1v) is 8.78. The molecule has 158 valence electrons. The fourth-order valence-corrected chi connectivity index (χ4v) is 2.82. The highest BCUT2D eigenvalue weighted by molar-refractivity contribution is 5.73. The quantitative estimate of drug-likeness (QED) is 0.613. The van der Waals surface area contributed by atoms with E-state index in [1.807, 2.05) is 0 Å². The van der Waals surface area contributed by atoms with Gasteiger partial charge in [0.2, 0.25) is 0 Å². The minimum Gasteiger partial charge on any atom is -0.334 e. The molecular weight excluding hydrogens is 407 g/mol. The number of nitrogens with zero attached hydrogens (tertiary/aromatic N) is 3. The summed E-state index contributed by atoms with van der Waals surface area (Å²) in [4.78, 5) is 13.4. The lowest BCUT2D eigenvalue weighted by Crippen LogP contribution is -2.36. The van der Waals surface area contributed by atoms with Gasteiger partial charge in [0.1, 0.15) is 11.5 Å². The van der Waals surface area contributed by atoms with Crippen molar-refractivity contribution in [2.45, 2.75) is 19.3 Å². The number of nitrogens with one attached hydrogen (secondary N) is 1. The van der Waals surface area contributed by atoms with Gasteiger partial charge < -0.3 is 10.2 Å². The van der Waals surface area contributed by atoms with Gasteiger partial charge in [-0.3, -0.25) is 0 Å². The van der Waals surface area contributed by atoms with Crippen LogP contribution in [0, 0.1) is 11.6 Å². The minimum atomic E-state index is -4.52. The summed E-state index contributed by atoms with van der Waals surface area (Å²) >= 11 is 0. The van der Waals surface area contributed by atoms with Gasteiger partial charge in [-0.25, -0.2) is 18.3 Å². The van der Waals surface area contributed by atoms with Gasteiger partial charge in [-0.15, -0.1) is 0 Å². The standard InChI is InChI=1S/C20H17F5N4O/c1-28(12-14-4-2-3-5-16(14)20(23,24)25)19(30)26-9-13-10-27-29(11-13)18-7-6-15(21)8-17(18)22/h2-8,10-11H,9,12H2,1H3,(H,26,30). The lowest BCUT2D eigenvalue weighted by molar-refractivity contribution is -0.138. The predicted molar refractivity (Wildman–Crippen MR) is 98.6 cm³/mol. The fourth-order valence-electron chi connectivity index (χ4n) is 2.82. The molecule has 1 heterocycles. The molecule has 0 saturated heterocycles. The van der Waals surface area contributed by atoms with E-state index in [9.17, 15) is 26.7 Å². The number of carbonyl (C=O) groups excluding carboxylic acids is 1. The molecule has 0 aliphatic rings. The Balaban J connectivity index is 1.62. The van der Waals surface area contributed by atoms with Gasteiger partial charge in [0.25, 0.3) is 0 Å². The summed E-state index contributed by atoms with van der Waals surface area (Å²) in [6.07, 6.45) is -1.67. The van der Waals surface area contributed by atoms with Crippen LogP contribution in [-0.2, 0) is 19.3 Å². The highest BCUT2D eigenvalue weighted by Crippen LogP contribution is 2.32. The number of urea groups is 1. The molecular formula is C20H17F5N4O. The van der Waals surface area contributed by atoms with Crippen LogP contribution in [0.1, 0.15) is 16.7 Å². The molecule has 1 N–H and O–H groups in total. The molecule has 3 rings (SSSR count). The SMILES string of the molecule is CN(Cc1ccccc1C(F)(F)F)C(=O)NCc1cnn(-c2ccc(F)cc2F)c1. The van der Waals surface area contributed by atoms with Crippen LogP contribution >= 0.6 is 0 Å². The Labute approximate surface area is 168 Å². The van der Waals surface area contributed by atoms with Crippen LogP contribution in [0.5, 0.6) is 0 Å². The zero-order valence-corrected chi connectivity index (χ0v) is 15.8. The number of halogens is 5. The smallest absolute Gasteiger partial charge is 0.334 e. The molecule has 2 aromatic carbocycles. The molecule has 0 fully saturated rings. The lowest BCUT2D eigenvalue weighted by atomic mass is 10.1.